The monoisotopic (exact) mass is 242 g/mol. The first kappa shape index (κ1) is 14.5. The Kier molecular flexibility index (Phi) is 6.56. The number of hydrogen-bond acceptors (Lipinski definition) is 3. The van der Waals surface area contributed by atoms with Crippen LogP contribution in [0.3, 0.4) is 0 Å². The summed E-state index contributed by atoms with van der Waals surface area (Å²) in [7, 11) is 0. The summed E-state index contributed by atoms with van der Waals surface area (Å²) in [6, 6.07) is 0. The van der Waals surface area contributed by atoms with Crippen LogP contribution in [-0.2, 0) is 14.3 Å². The van der Waals surface area contributed by atoms with Crippen LogP contribution >= 0.6 is 0 Å². The molecule has 1 rings (SSSR count). The molecule has 3 heteroatoms. The molecular formula is C14H26O3. The molecule has 3 nitrogen and oxygen atoms in total. The van der Waals surface area contributed by atoms with Crippen molar-refractivity contribution < 1.29 is 14.3 Å². The van der Waals surface area contributed by atoms with Gasteiger partial charge in [0.1, 0.15) is 0 Å². The number of rotatable bonds is 7. The van der Waals surface area contributed by atoms with E-state index in [0.29, 0.717) is 6.10 Å². The van der Waals surface area contributed by atoms with E-state index in [4.69, 9.17) is 9.47 Å². The second-order valence-corrected chi connectivity index (χ2v) is 4.97. The Bertz CT molecular complexity index is 218. The first-order valence-corrected chi connectivity index (χ1v) is 6.99. The van der Waals surface area contributed by atoms with Gasteiger partial charge in [0.25, 0.3) is 0 Å². The van der Waals surface area contributed by atoms with E-state index in [1.165, 1.54) is 6.42 Å². The van der Waals surface area contributed by atoms with E-state index in [-0.39, 0.29) is 18.0 Å². The fourth-order valence-electron chi connectivity index (χ4n) is 2.27. The van der Waals surface area contributed by atoms with Gasteiger partial charge in [-0.1, -0.05) is 13.8 Å². The van der Waals surface area contributed by atoms with Crippen LogP contribution in [0.4, 0.5) is 0 Å². The molecule has 0 aliphatic carbocycles. The Hall–Kier alpha value is -0.570. The van der Waals surface area contributed by atoms with Crippen LogP contribution in [0.5, 0.6) is 0 Å². The maximum absolute atomic E-state index is 11.8. The molecule has 0 aromatic carbocycles. The predicted molar refractivity (Wildman–Crippen MR) is 67.8 cm³/mol. The molecule has 1 aliphatic heterocycles. The fourth-order valence-corrected chi connectivity index (χ4v) is 2.27. The second kappa shape index (κ2) is 7.70. The topological polar surface area (TPSA) is 35.5 Å². The van der Waals surface area contributed by atoms with Crippen LogP contribution in [0.15, 0.2) is 0 Å². The lowest BCUT2D eigenvalue weighted by Gasteiger charge is -2.18. The van der Waals surface area contributed by atoms with Crippen molar-refractivity contribution in [3.05, 3.63) is 0 Å². The lowest BCUT2D eigenvalue weighted by molar-refractivity contribution is -0.154. The summed E-state index contributed by atoms with van der Waals surface area (Å²) in [4.78, 5) is 11.8. The predicted octanol–water partition coefficient (Wildman–Crippen LogP) is 3.31. The Morgan fingerprint density at radius 3 is 2.65 bits per heavy atom. The van der Waals surface area contributed by atoms with Crippen LogP contribution in [-0.4, -0.2) is 24.8 Å². The zero-order chi connectivity index (χ0) is 12.7. The van der Waals surface area contributed by atoms with Gasteiger partial charge in [0.15, 0.2) is 0 Å². The van der Waals surface area contributed by atoms with Gasteiger partial charge in [-0.3, -0.25) is 4.79 Å². The standard InChI is InChI=1S/C14H26O3/c1-4-12(5-2)14(15)17-11(3)8-9-13-7-6-10-16-13/h11-13H,4-10H2,1-3H3. The first-order valence-electron chi connectivity index (χ1n) is 6.99. The summed E-state index contributed by atoms with van der Waals surface area (Å²) in [6.07, 6.45) is 6.41. The fraction of sp³-hybridized carbons (Fsp3) is 0.929. The Balaban J connectivity index is 2.18. The maximum Gasteiger partial charge on any atom is 0.309 e. The van der Waals surface area contributed by atoms with Gasteiger partial charge in [-0.15, -0.1) is 0 Å². The van der Waals surface area contributed by atoms with Gasteiger partial charge in [0.2, 0.25) is 0 Å². The maximum atomic E-state index is 11.8. The zero-order valence-electron chi connectivity index (χ0n) is 11.4. The van der Waals surface area contributed by atoms with Gasteiger partial charge in [-0.2, -0.15) is 0 Å². The van der Waals surface area contributed by atoms with Crippen molar-refractivity contribution in [1.82, 2.24) is 0 Å². The van der Waals surface area contributed by atoms with Gasteiger partial charge in [-0.25, -0.2) is 0 Å². The van der Waals surface area contributed by atoms with Crippen molar-refractivity contribution in [2.24, 2.45) is 5.92 Å². The molecule has 1 aliphatic rings. The van der Waals surface area contributed by atoms with Crippen LogP contribution in [0, 0.1) is 5.92 Å². The van der Waals surface area contributed by atoms with E-state index in [9.17, 15) is 4.79 Å². The Morgan fingerprint density at radius 1 is 1.41 bits per heavy atom. The summed E-state index contributed by atoms with van der Waals surface area (Å²) in [5.74, 6) is 0.0371. The van der Waals surface area contributed by atoms with Gasteiger partial charge < -0.3 is 9.47 Å². The van der Waals surface area contributed by atoms with E-state index in [0.717, 1.165) is 38.7 Å². The largest absolute Gasteiger partial charge is 0.462 e. The second-order valence-electron chi connectivity index (χ2n) is 4.97. The summed E-state index contributed by atoms with van der Waals surface area (Å²) in [6.45, 7) is 6.95. The average Bonchev–Trinajstić information content (AvgIpc) is 2.81. The lowest BCUT2D eigenvalue weighted by atomic mass is 10.0. The lowest BCUT2D eigenvalue weighted by Crippen LogP contribution is -2.23. The molecular weight excluding hydrogens is 216 g/mol. The molecule has 0 radical (unpaired) electrons. The molecule has 100 valence electrons. The van der Waals surface area contributed by atoms with Gasteiger partial charge in [0.05, 0.1) is 18.1 Å². The third-order valence-corrected chi connectivity index (χ3v) is 3.56. The minimum absolute atomic E-state index is 0.0206. The third kappa shape index (κ3) is 5.07. The molecule has 2 atom stereocenters. The van der Waals surface area contributed by atoms with E-state index in [2.05, 4.69) is 0 Å². The first-order chi connectivity index (χ1) is 8.17. The van der Waals surface area contributed by atoms with Gasteiger partial charge in [0, 0.05) is 6.61 Å². The highest BCUT2D eigenvalue weighted by molar-refractivity contribution is 5.72. The molecule has 0 amide bonds. The van der Waals surface area contributed by atoms with Crippen molar-refractivity contribution in [3.8, 4) is 0 Å². The number of hydrogen-bond donors (Lipinski definition) is 0. The van der Waals surface area contributed by atoms with Crippen molar-refractivity contribution >= 4 is 5.97 Å². The van der Waals surface area contributed by atoms with E-state index in [1.54, 1.807) is 0 Å². The highest BCUT2D eigenvalue weighted by Gasteiger charge is 2.20. The zero-order valence-corrected chi connectivity index (χ0v) is 11.4. The number of ether oxygens (including phenoxy) is 2. The van der Waals surface area contributed by atoms with Gasteiger partial charge in [-0.05, 0) is 45.4 Å². The van der Waals surface area contributed by atoms with Crippen LogP contribution in [0.25, 0.3) is 0 Å². The summed E-state index contributed by atoms with van der Waals surface area (Å²) < 4.78 is 11.0. The third-order valence-electron chi connectivity index (χ3n) is 3.56. The average molecular weight is 242 g/mol. The molecule has 0 aromatic rings. The smallest absolute Gasteiger partial charge is 0.309 e. The van der Waals surface area contributed by atoms with E-state index >= 15 is 0 Å². The van der Waals surface area contributed by atoms with Crippen molar-refractivity contribution in [2.45, 2.75) is 71.5 Å². The molecule has 0 spiro atoms. The molecule has 1 saturated heterocycles. The highest BCUT2D eigenvalue weighted by atomic mass is 16.5. The Morgan fingerprint density at radius 2 is 2.12 bits per heavy atom. The quantitative estimate of drug-likeness (QED) is 0.642. The molecule has 0 N–H and O–H groups in total. The molecule has 0 bridgehead atoms. The van der Waals surface area contributed by atoms with Gasteiger partial charge >= 0.3 is 5.97 Å². The molecule has 0 saturated carbocycles. The summed E-state index contributed by atoms with van der Waals surface area (Å²) in [5.41, 5.74) is 0. The van der Waals surface area contributed by atoms with Crippen molar-refractivity contribution in [2.75, 3.05) is 6.61 Å². The molecule has 1 heterocycles. The summed E-state index contributed by atoms with van der Waals surface area (Å²) >= 11 is 0. The number of esters is 1. The molecule has 0 aromatic heterocycles. The van der Waals surface area contributed by atoms with Crippen LogP contribution < -0.4 is 0 Å². The SMILES string of the molecule is CCC(CC)C(=O)OC(C)CCC1CCCO1. The van der Waals surface area contributed by atoms with E-state index < -0.39 is 0 Å². The molecule has 1 fully saturated rings. The van der Waals surface area contributed by atoms with E-state index in [1.807, 2.05) is 20.8 Å². The Labute approximate surface area is 105 Å². The normalized spacial score (nSPS) is 21.8. The van der Waals surface area contributed by atoms with Crippen LogP contribution in [0.2, 0.25) is 0 Å². The molecule has 2 unspecified atom stereocenters. The number of carbonyl (C=O) groups excluding carboxylic acids is 1. The number of carbonyl (C=O) groups is 1. The van der Waals surface area contributed by atoms with Crippen molar-refractivity contribution in [3.63, 3.8) is 0 Å². The minimum atomic E-state index is -0.0326. The summed E-state index contributed by atoms with van der Waals surface area (Å²) in [5, 5.41) is 0. The van der Waals surface area contributed by atoms with Crippen molar-refractivity contribution in [1.29, 1.82) is 0 Å². The minimum Gasteiger partial charge on any atom is -0.462 e. The molecule has 17 heavy (non-hydrogen) atoms. The highest BCUT2D eigenvalue weighted by Crippen LogP contribution is 2.19. The van der Waals surface area contributed by atoms with Crippen LogP contribution in [0.1, 0.15) is 59.3 Å².